The predicted octanol–water partition coefficient (Wildman–Crippen LogP) is 0.0478. The van der Waals surface area contributed by atoms with E-state index in [9.17, 15) is 13.2 Å². The highest BCUT2D eigenvalue weighted by Crippen LogP contribution is 2.31. The van der Waals surface area contributed by atoms with E-state index in [-0.39, 0.29) is 24.0 Å². The fourth-order valence-corrected chi connectivity index (χ4v) is 4.47. The Balaban J connectivity index is 1.73. The lowest BCUT2D eigenvalue weighted by Gasteiger charge is -2.46. The largest absolute Gasteiger partial charge is 0.375 e. The van der Waals surface area contributed by atoms with E-state index in [0.29, 0.717) is 26.2 Å². The molecule has 3 aliphatic rings. The average Bonchev–Trinajstić information content (AvgIpc) is 2.34. The molecule has 6 nitrogen and oxygen atoms in total. The molecule has 2 atom stereocenters. The summed E-state index contributed by atoms with van der Waals surface area (Å²) in [6, 6.07) is -0.212. The number of carbonyl (C=O) groups excluding carboxylic acids is 1. The number of morpholine rings is 1. The third-order valence-corrected chi connectivity index (χ3v) is 6.03. The molecule has 3 rings (SSSR count). The van der Waals surface area contributed by atoms with Crippen molar-refractivity contribution in [3.8, 4) is 0 Å². The first-order chi connectivity index (χ1) is 9.47. The van der Waals surface area contributed by atoms with Gasteiger partial charge in [0.15, 0.2) is 0 Å². The Kier molecular flexibility index (Phi) is 3.77. The summed E-state index contributed by atoms with van der Waals surface area (Å²) in [6.45, 7) is 2.01. The Morgan fingerprint density at radius 2 is 1.95 bits per heavy atom. The molecule has 1 amide bonds. The van der Waals surface area contributed by atoms with E-state index in [1.54, 1.807) is 0 Å². The molecule has 2 aliphatic heterocycles. The lowest BCUT2D eigenvalue weighted by molar-refractivity contribution is -0.145. The van der Waals surface area contributed by atoms with Gasteiger partial charge >= 0.3 is 0 Å². The molecule has 7 heteroatoms. The van der Waals surface area contributed by atoms with Crippen molar-refractivity contribution < 1.29 is 17.9 Å². The van der Waals surface area contributed by atoms with E-state index in [1.165, 1.54) is 10.6 Å². The number of hydrogen-bond acceptors (Lipinski definition) is 4. The number of likely N-dealkylation sites (tertiary alicyclic amines) is 1. The topological polar surface area (TPSA) is 66.9 Å². The summed E-state index contributed by atoms with van der Waals surface area (Å²) in [6.07, 6.45) is 5.00. The van der Waals surface area contributed by atoms with Crippen LogP contribution < -0.4 is 0 Å². The van der Waals surface area contributed by atoms with Gasteiger partial charge in [-0.25, -0.2) is 8.42 Å². The average molecular weight is 302 g/mol. The van der Waals surface area contributed by atoms with Crippen LogP contribution in [0.3, 0.4) is 0 Å². The first-order valence-electron chi connectivity index (χ1n) is 7.34. The molecule has 20 heavy (non-hydrogen) atoms. The molecule has 2 saturated heterocycles. The van der Waals surface area contributed by atoms with Gasteiger partial charge in [0.05, 0.1) is 25.0 Å². The Labute approximate surface area is 120 Å². The SMILES string of the molecule is CS(=O)(=O)N1CCO[C@@H]2CCN(C(=O)C3CCC3)C[C@H]21. The van der Waals surface area contributed by atoms with Crippen molar-refractivity contribution in [2.24, 2.45) is 5.92 Å². The molecule has 0 unspecified atom stereocenters. The lowest BCUT2D eigenvalue weighted by Crippen LogP contribution is -2.62. The first kappa shape index (κ1) is 14.3. The van der Waals surface area contributed by atoms with Gasteiger partial charge in [-0.1, -0.05) is 6.42 Å². The fraction of sp³-hybridized carbons (Fsp3) is 0.923. The second-order valence-electron chi connectivity index (χ2n) is 6.05. The number of carbonyl (C=O) groups is 1. The minimum absolute atomic E-state index is 0.0658. The standard InChI is InChI=1S/C13H22N2O4S/c1-20(17,18)15-7-8-19-12-5-6-14(9-11(12)15)13(16)10-3-2-4-10/h10-12H,2-9H2,1H3/t11-,12-/m1/s1. The molecule has 0 N–H and O–H groups in total. The smallest absolute Gasteiger partial charge is 0.225 e. The second kappa shape index (κ2) is 5.27. The van der Waals surface area contributed by atoms with Crippen LogP contribution in [0.2, 0.25) is 0 Å². The maximum Gasteiger partial charge on any atom is 0.225 e. The quantitative estimate of drug-likeness (QED) is 0.723. The van der Waals surface area contributed by atoms with Crippen molar-refractivity contribution in [2.75, 3.05) is 32.5 Å². The van der Waals surface area contributed by atoms with Gasteiger partial charge < -0.3 is 9.64 Å². The summed E-state index contributed by atoms with van der Waals surface area (Å²) in [5.74, 6) is 0.372. The molecular weight excluding hydrogens is 280 g/mol. The van der Waals surface area contributed by atoms with Crippen molar-refractivity contribution in [1.82, 2.24) is 9.21 Å². The van der Waals surface area contributed by atoms with Crippen LogP contribution in [0.15, 0.2) is 0 Å². The number of sulfonamides is 1. The van der Waals surface area contributed by atoms with Crippen LogP contribution in [0.25, 0.3) is 0 Å². The molecule has 0 aromatic rings. The molecule has 3 fully saturated rings. The minimum Gasteiger partial charge on any atom is -0.375 e. The third-order valence-electron chi connectivity index (χ3n) is 4.73. The van der Waals surface area contributed by atoms with Crippen LogP contribution in [0.5, 0.6) is 0 Å². The fourth-order valence-electron chi connectivity index (χ4n) is 3.37. The third kappa shape index (κ3) is 2.58. The van der Waals surface area contributed by atoms with Gasteiger partial charge in [0.1, 0.15) is 0 Å². The van der Waals surface area contributed by atoms with Gasteiger partial charge in [0.2, 0.25) is 15.9 Å². The van der Waals surface area contributed by atoms with Crippen LogP contribution in [-0.4, -0.2) is 68.2 Å². The maximum absolute atomic E-state index is 12.3. The van der Waals surface area contributed by atoms with Gasteiger partial charge in [0, 0.05) is 25.6 Å². The van der Waals surface area contributed by atoms with E-state index < -0.39 is 10.0 Å². The van der Waals surface area contributed by atoms with Crippen molar-refractivity contribution in [2.45, 2.75) is 37.8 Å². The number of ether oxygens (including phenoxy) is 1. The number of amides is 1. The number of nitrogens with zero attached hydrogens (tertiary/aromatic N) is 2. The summed E-state index contributed by atoms with van der Waals surface area (Å²) < 4.78 is 31.0. The van der Waals surface area contributed by atoms with Crippen LogP contribution in [0, 0.1) is 5.92 Å². The zero-order valence-electron chi connectivity index (χ0n) is 11.8. The van der Waals surface area contributed by atoms with E-state index in [2.05, 4.69) is 0 Å². The molecular formula is C13H22N2O4S. The highest BCUT2D eigenvalue weighted by molar-refractivity contribution is 7.88. The van der Waals surface area contributed by atoms with Gasteiger partial charge in [-0.05, 0) is 19.3 Å². The summed E-state index contributed by atoms with van der Waals surface area (Å²) in [5.41, 5.74) is 0. The molecule has 0 aromatic heterocycles. The number of piperidine rings is 1. The molecule has 1 aliphatic carbocycles. The highest BCUT2D eigenvalue weighted by Gasteiger charge is 2.43. The predicted molar refractivity (Wildman–Crippen MR) is 73.6 cm³/mol. The van der Waals surface area contributed by atoms with Crippen molar-refractivity contribution in [3.05, 3.63) is 0 Å². The highest BCUT2D eigenvalue weighted by atomic mass is 32.2. The maximum atomic E-state index is 12.3. The van der Waals surface area contributed by atoms with E-state index >= 15 is 0 Å². The van der Waals surface area contributed by atoms with Crippen LogP contribution in [-0.2, 0) is 19.6 Å². The first-order valence-corrected chi connectivity index (χ1v) is 9.19. The van der Waals surface area contributed by atoms with Crippen molar-refractivity contribution in [3.63, 3.8) is 0 Å². The number of rotatable bonds is 2. The zero-order valence-corrected chi connectivity index (χ0v) is 12.6. The number of fused-ring (bicyclic) bond motifs is 1. The second-order valence-corrected chi connectivity index (χ2v) is 7.99. The molecule has 114 valence electrons. The van der Waals surface area contributed by atoms with Crippen LogP contribution in [0.4, 0.5) is 0 Å². The summed E-state index contributed by atoms with van der Waals surface area (Å²) >= 11 is 0. The summed E-state index contributed by atoms with van der Waals surface area (Å²) in [5, 5.41) is 0. The van der Waals surface area contributed by atoms with Gasteiger partial charge in [-0.3, -0.25) is 4.79 Å². The molecule has 0 aromatic carbocycles. The molecule has 0 spiro atoms. The van der Waals surface area contributed by atoms with E-state index in [1.807, 2.05) is 4.90 Å². The van der Waals surface area contributed by atoms with E-state index in [4.69, 9.17) is 4.74 Å². The van der Waals surface area contributed by atoms with Crippen LogP contribution in [0.1, 0.15) is 25.7 Å². The monoisotopic (exact) mass is 302 g/mol. The Morgan fingerprint density at radius 3 is 2.55 bits per heavy atom. The molecule has 1 saturated carbocycles. The van der Waals surface area contributed by atoms with Crippen molar-refractivity contribution in [1.29, 1.82) is 0 Å². The molecule has 0 radical (unpaired) electrons. The Hall–Kier alpha value is -0.660. The Bertz CT molecular complexity index is 489. The molecule has 2 heterocycles. The van der Waals surface area contributed by atoms with Crippen LogP contribution >= 0.6 is 0 Å². The van der Waals surface area contributed by atoms with Gasteiger partial charge in [-0.2, -0.15) is 4.31 Å². The number of hydrogen-bond donors (Lipinski definition) is 0. The van der Waals surface area contributed by atoms with Gasteiger partial charge in [0.25, 0.3) is 0 Å². The normalized spacial score (nSPS) is 32.5. The van der Waals surface area contributed by atoms with Gasteiger partial charge in [-0.15, -0.1) is 0 Å². The minimum atomic E-state index is -3.24. The Morgan fingerprint density at radius 1 is 1.20 bits per heavy atom. The van der Waals surface area contributed by atoms with Crippen molar-refractivity contribution >= 4 is 15.9 Å². The molecule has 0 bridgehead atoms. The summed E-state index contributed by atoms with van der Waals surface area (Å²) in [4.78, 5) is 14.2. The van der Waals surface area contributed by atoms with E-state index in [0.717, 1.165) is 25.7 Å². The lowest BCUT2D eigenvalue weighted by atomic mass is 9.83. The summed E-state index contributed by atoms with van der Waals surface area (Å²) in [7, 11) is -3.24. The zero-order chi connectivity index (χ0) is 14.3.